The van der Waals surface area contributed by atoms with Crippen LogP contribution in [-0.2, 0) is 0 Å². The molecule has 0 atom stereocenters. The Bertz CT molecular complexity index is 44.9. The van der Waals surface area contributed by atoms with Gasteiger partial charge in [0.2, 0.25) is 0 Å². The zero-order valence-corrected chi connectivity index (χ0v) is 4.45. The lowest BCUT2D eigenvalue weighted by atomic mass is 10.7. The van der Waals surface area contributed by atoms with Crippen LogP contribution >= 0.6 is 15.9 Å². The third-order valence-electron chi connectivity index (χ3n) is 0.154. The molecule has 0 amide bonds. The molecule has 0 unspecified atom stereocenters. The van der Waals surface area contributed by atoms with Crippen molar-refractivity contribution in [1.82, 2.24) is 0 Å². The predicted molar refractivity (Wildman–Crippen MR) is 22.7 cm³/mol. The Morgan fingerprint density at radius 3 is 2.20 bits per heavy atom. The molecule has 0 aromatic heterocycles. The lowest BCUT2D eigenvalue weighted by Gasteiger charge is -1.95. The first-order valence-electron chi connectivity index (χ1n) is 1.21. The van der Waals surface area contributed by atoms with Gasteiger partial charge in [-0.3, -0.25) is 0 Å². The van der Waals surface area contributed by atoms with Crippen molar-refractivity contribution in [3.63, 3.8) is 0 Å². The van der Waals surface area contributed by atoms with E-state index in [2.05, 4.69) is 15.9 Å². The molecule has 0 aliphatic heterocycles. The van der Waals surface area contributed by atoms with Crippen LogP contribution in [0.5, 0.6) is 0 Å². The molecule has 0 bridgehead atoms. The average Bonchev–Trinajstić information content (AvgIpc) is 1.38. The monoisotopic (exact) mass is 135 g/mol. The molecule has 30 valence electrons. The molecule has 0 aliphatic rings. The lowest BCUT2D eigenvalue weighted by molar-refractivity contribution is -0.301. The highest BCUT2D eigenvalue weighted by atomic mass is 79.9. The highest BCUT2D eigenvalue weighted by Crippen LogP contribution is 1.83. The summed E-state index contributed by atoms with van der Waals surface area (Å²) in [6.07, 6.45) is 0. The summed E-state index contributed by atoms with van der Waals surface area (Å²) in [7, 11) is 0. The minimum absolute atomic E-state index is 0.0463. The Hall–Kier alpha value is 0.0200. The van der Waals surface area contributed by atoms with Crippen molar-refractivity contribution in [2.75, 3.05) is 0 Å². The van der Waals surface area contributed by atoms with Crippen LogP contribution in [0.2, 0.25) is 0 Å². The molecule has 0 aromatic carbocycles. The van der Waals surface area contributed by atoms with Crippen LogP contribution in [0.3, 0.4) is 0 Å². The molecule has 0 aromatic rings. The van der Waals surface area contributed by atoms with E-state index in [1.807, 2.05) is 0 Å². The Morgan fingerprint density at radius 1 is 2.00 bits per heavy atom. The van der Waals surface area contributed by atoms with Crippen LogP contribution in [0.25, 0.3) is 0 Å². The van der Waals surface area contributed by atoms with Crippen LogP contribution < -0.4 is 5.11 Å². The fraction of sp³-hybridized carbons (Fsp3) is 0.333. The number of halogens is 1. The van der Waals surface area contributed by atoms with Crippen LogP contribution in [0, 0.1) is 0 Å². The largest absolute Gasteiger partial charge is 0.875 e. The third kappa shape index (κ3) is 4.02. The summed E-state index contributed by atoms with van der Waals surface area (Å²) in [5.41, 5.74) is 0. The van der Waals surface area contributed by atoms with Crippen molar-refractivity contribution >= 4 is 15.9 Å². The maximum Gasteiger partial charge on any atom is -0.0311 e. The van der Waals surface area contributed by atoms with Crippen LogP contribution in [0.4, 0.5) is 0 Å². The number of hydrogen-bond acceptors (Lipinski definition) is 1. The van der Waals surface area contributed by atoms with Crippen LogP contribution in [-0.4, -0.2) is 0 Å². The molecule has 1 nitrogen and oxygen atoms in total. The van der Waals surface area contributed by atoms with E-state index >= 15 is 0 Å². The first-order valence-corrected chi connectivity index (χ1v) is 2.13. The predicted octanol–water partition coefficient (Wildman–Crippen LogP) is 0.603. The van der Waals surface area contributed by atoms with Crippen molar-refractivity contribution in [1.29, 1.82) is 0 Å². The van der Waals surface area contributed by atoms with E-state index in [4.69, 9.17) is 0 Å². The second kappa shape index (κ2) is 2.27. The van der Waals surface area contributed by atoms with Gasteiger partial charge >= 0.3 is 0 Å². The maximum absolute atomic E-state index is 9.71. The highest BCUT2D eigenvalue weighted by molar-refractivity contribution is 9.11. The first-order chi connectivity index (χ1) is 2.27. The van der Waals surface area contributed by atoms with Gasteiger partial charge in [0.15, 0.2) is 0 Å². The maximum atomic E-state index is 9.71. The minimum Gasteiger partial charge on any atom is -0.875 e. The Balaban J connectivity index is 3.14. The Morgan fingerprint density at radius 2 is 2.20 bits per heavy atom. The summed E-state index contributed by atoms with van der Waals surface area (Å²) >= 11 is 2.84. The molecule has 0 rings (SSSR count). The van der Waals surface area contributed by atoms with E-state index in [0.717, 1.165) is 0 Å². The lowest BCUT2D eigenvalue weighted by Crippen LogP contribution is -1.94. The second-order valence-corrected chi connectivity index (χ2v) is 1.18. The molecule has 0 saturated heterocycles. The standard InChI is InChI=1S/C3H5BrO/c1-3(5)2-4/h2,5H,1H3/p-1/b3-2+. The van der Waals surface area contributed by atoms with E-state index in [1.54, 1.807) is 0 Å². The summed E-state index contributed by atoms with van der Waals surface area (Å²) in [5, 5.41) is 9.71. The van der Waals surface area contributed by atoms with Gasteiger partial charge in [0.1, 0.15) is 0 Å². The molecule has 0 N–H and O–H groups in total. The van der Waals surface area contributed by atoms with E-state index in [1.165, 1.54) is 11.9 Å². The summed E-state index contributed by atoms with van der Waals surface area (Å²) < 4.78 is 0. The fourth-order valence-corrected chi connectivity index (χ4v) is 0. The topological polar surface area (TPSA) is 23.1 Å². The number of rotatable bonds is 0. The molecule has 0 aliphatic carbocycles. The van der Waals surface area contributed by atoms with Gasteiger partial charge in [-0.25, -0.2) is 0 Å². The average molecular weight is 136 g/mol. The molecular weight excluding hydrogens is 132 g/mol. The molecule has 5 heavy (non-hydrogen) atoms. The second-order valence-electron chi connectivity index (χ2n) is 0.720. The zero-order chi connectivity index (χ0) is 4.28. The molecule has 0 radical (unpaired) electrons. The van der Waals surface area contributed by atoms with Gasteiger partial charge in [-0.1, -0.05) is 22.9 Å². The van der Waals surface area contributed by atoms with Gasteiger partial charge in [0.05, 0.1) is 0 Å². The van der Waals surface area contributed by atoms with Gasteiger partial charge in [-0.15, -0.1) is 5.76 Å². The smallest absolute Gasteiger partial charge is 0.0311 e. The van der Waals surface area contributed by atoms with E-state index in [9.17, 15) is 5.11 Å². The highest BCUT2D eigenvalue weighted by Gasteiger charge is 1.50. The SMILES string of the molecule is C/C([O-])=C\Br. The number of allylic oxidation sites excluding steroid dienone is 1. The van der Waals surface area contributed by atoms with Gasteiger partial charge in [0.25, 0.3) is 0 Å². The van der Waals surface area contributed by atoms with Crippen LogP contribution in [0.15, 0.2) is 10.7 Å². The zero-order valence-electron chi connectivity index (χ0n) is 2.86. The van der Waals surface area contributed by atoms with Crippen molar-refractivity contribution in [2.45, 2.75) is 6.92 Å². The quantitative estimate of drug-likeness (QED) is 0.447. The van der Waals surface area contributed by atoms with Crippen molar-refractivity contribution in [2.24, 2.45) is 0 Å². The fourth-order valence-electron chi connectivity index (χ4n) is 0. The Labute approximate surface area is 39.4 Å². The molecule has 0 spiro atoms. The summed E-state index contributed by atoms with van der Waals surface area (Å²) in [4.78, 5) is 1.34. The first kappa shape index (κ1) is 5.02. The van der Waals surface area contributed by atoms with E-state index < -0.39 is 0 Å². The van der Waals surface area contributed by atoms with Crippen molar-refractivity contribution < 1.29 is 5.11 Å². The van der Waals surface area contributed by atoms with Crippen LogP contribution in [0.1, 0.15) is 6.92 Å². The van der Waals surface area contributed by atoms with Crippen molar-refractivity contribution in [3.8, 4) is 0 Å². The van der Waals surface area contributed by atoms with E-state index in [0.29, 0.717) is 0 Å². The van der Waals surface area contributed by atoms with Gasteiger partial charge in [-0.05, 0) is 4.99 Å². The molecule has 0 fully saturated rings. The minimum atomic E-state index is 0.0463. The normalized spacial score (nSPS) is 12.0. The third-order valence-corrected chi connectivity index (χ3v) is 0.798. The molecule has 0 heterocycles. The molecule has 2 heteroatoms. The molecular formula is C3H4BrO-. The summed E-state index contributed by atoms with van der Waals surface area (Å²) in [6.45, 7) is 1.48. The Kier molecular flexibility index (Phi) is 2.28. The van der Waals surface area contributed by atoms with Crippen molar-refractivity contribution in [3.05, 3.63) is 10.7 Å². The van der Waals surface area contributed by atoms with Gasteiger partial charge < -0.3 is 5.11 Å². The number of hydrogen-bond donors (Lipinski definition) is 0. The van der Waals surface area contributed by atoms with Gasteiger partial charge in [-0.2, -0.15) is 0 Å². The summed E-state index contributed by atoms with van der Waals surface area (Å²) in [6, 6.07) is 0. The van der Waals surface area contributed by atoms with Gasteiger partial charge in [0, 0.05) is 0 Å². The molecule has 0 saturated carbocycles. The summed E-state index contributed by atoms with van der Waals surface area (Å²) in [5.74, 6) is 0.0463. The van der Waals surface area contributed by atoms with E-state index in [-0.39, 0.29) is 5.76 Å².